The van der Waals surface area contributed by atoms with Crippen LogP contribution in [0.5, 0.6) is 11.5 Å². The van der Waals surface area contributed by atoms with Crippen LogP contribution >= 0.6 is 11.8 Å². The highest BCUT2D eigenvalue weighted by Crippen LogP contribution is 2.25. The molecule has 0 unspecified atom stereocenters. The van der Waals surface area contributed by atoms with Gasteiger partial charge in [-0.25, -0.2) is 0 Å². The molecule has 0 fully saturated rings. The Morgan fingerprint density at radius 1 is 1.08 bits per heavy atom. The second-order valence-electron chi connectivity index (χ2n) is 5.30. The highest BCUT2D eigenvalue weighted by molar-refractivity contribution is 8.00. The Labute approximate surface area is 157 Å². The third-order valence-electron chi connectivity index (χ3n) is 3.27. The van der Waals surface area contributed by atoms with Gasteiger partial charge in [0.25, 0.3) is 0 Å². The number of nitrogens with one attached hydrogen (secondary N) is 1. The Kier molecular flexibility index (Phi) is 7.82. The van der Waals surface area contributed by atoms with Crippen LogP contribution < -0.4 is 20.5 Å². The number of ether oxygens (including phenoxy) is 2. The molecule has 0 saturated heterocycles. The van der Waals surface area contributed by atoms with E-state index in [-0.39, 0.29) is 24.7 Å². The van der Waals surface area contributed by atoms with Crippen molar-refractivity contribution >= 4 is 29.3 Å². The minimum atomic E-state index is -0.432. The summed E-state index contributed by atoms with van der Waals surface area (Å²) in [6.45, 7) is 2.72. The van der Waals surface area contributed by atoms with Crippen LogP contribution in [0, 0.1) is 0 Å². The van der Waals surface area contributed by atoms with E-state index in [9.17, 15) is 9.59 Å². The molecule has 2 aromatic rings. The van der Waals surface area contributed by atoms with Gasteiger partial charge in [-0.05, 0) is 43.3 Å². The van der Waals surface area contributed by atoms with Gasteiger partial charge in [0.2, 0.25) is 11.8 Å². The number of carbonyl (C=O) groups excluding carboxylic acids is 2. The van der Waals surface area contributed by atoms with Crippen molar-refractivity contribution in [2.45, 2.75) is 18.2 Å². The number of nitrogens with two attached hydrogens (primary N) is 1. The summed E-state index contributed by atoms with van der Waals surface area (Å²) < 4.78 is 10.9. The zero-order valence-corrected chi connectivity index (χ0v) is 15.4. The quantitative estimate of drug-likeness (QED) is 0.624. The molecule has 0 atom stereocenters. The highest BCUT2D eigenvalue weighted by atomic mass is 32.2. The fraction of sp³-hybridized carbons (Fsp3) is 0.263. The van der Waals surface area contributed by atoms with Gasteiger partial charge in [-0.1, -0.05) is 12.1 Å². The van der Waals surface area contributed by atoms with E-state index in [1.807, 2.05) is 31.2 Å². The van der Waals surface area contributed by atoms with Crippen LogP contribution in [0.25, 0.3) is 0 Å². The molecule has 0 aliphatic rings. The van der Waals surface area contributed by atoms with Crippen molar-refractivity contribution in [3.8, 4) is 11.5 Å². The first kappa shape index (κ1) is 19.7. The average molecular weight is 374 g/mol. The van der Waals surface area contributed by atoms with Crippen molar-refractivity contribution in [1.29, 1.82) is 0 Å². The number of amides is 2. The number of thioether (sulfide) groups is 1. The van der Waals surface area contributed by atoms with Gasteiger partial charge < -0.3 is 20.5 Å². The van der Waals surface area contributed by atoms with Gasteiger partial charge in [-0.3, -0.25) is 9.59 Å². The summed E-state index contributed by atoms with van der Waals surface area (Å²) in [5.41, 5.74) is 5.66. The number of hydrogen-bond donors (Lipinski definition) is 2. The maximum Gasteiger partial charge on any atom is 0.234 e. The number of anilines is 1. The maximum absolute atomic E-state index is 12.2. The molecule has 0 aliphatic carbocycles. The van der Waals surface area contributed by atoms with E-state index in [2.05, 4.69) is 5.32 Å². The molecule has 0 bridgehead atoms. The first-order valence-corrected chi connectivity index (χ1v) is 9.22. The monoisotopic (exact) mass is 374 g/mol. The molecule has 0 saturated carbocycles. The average Bonchev–Trinajstić information content (AvgIpc) is 2.62. The molecule has 2 aromatic carbocycles. The summed E-state index contributed by atoms with van der Waals surface area (Å²) in [5.74, 6) is 1.01. The van der Waals surface area contributed by atoms with E-state index in [1.165, 1.54) is 11.8 Å². The number of para-hydroxylation sites is 2. The molecule has 2 rings (SSSR count). The molecule has 2 amide bonds. The van der Waals surface area contributed by atoms with E-state index >= 15 is 0 Å². The summed E-state index contributed by atoms with van der Waals surface area (Å²) >= 11 is 1.43. The summed E-state index contributed by atoms with van der Waals surface area (Å²) in [5, 5.41) is 2.82. The van der Waals surface area contributed by atoms with Crippen molar-refractivity contribution < 1.29 is 19.1 Å². The van der Waals surface area contributed by atoms with Crippen LogP contribution in [0.4, 0.5) is 5.69 Å². The number of primary amides is 1. The molecule has 0 spiro atoms. The van der Waals surface area contributed by atoms with Crippen LogP contribution in [-0.4, -0.2) is 30.8 Å². The van der Waals surface area contributed by atoms with Crippen LogP contribution in [0.3, 0.4) is 0 Å². The molecule has 6 nitrogen and oxygen atoms in total. The zero-order chi connectivity index (χ0) is 18.8. The molecule has 138 valence electrons. The number of carbonyl (C=O) groups is 2. The van der Waals surface area contributed by atoms with Gasteiger partial charge in [0, 0.05) is 4.90 Å². The molecule has 0 radical (unpaired) electrons. The molecule has 3 N–H and O–H groups in total. The largest absolute Gasteiger partial charge is 0.494 e. The summed E-state index contributed by atoms with van der Waals surface area (Å²) in [7, 11) is 0. The van der Waals surface area contributed by atoms with Crippen LogP contribution in [0.1, 0.15) is 13.3 Å². The predicted molar refractivity (Wildman–Crippen MR) is 103 cm³/mol. The molecule has 26 heavy (non-hydrogen) atoms. The Balaban J connectivity index is 1.86. The topological polar surface area (TPSA) is 90.7 Å². The zero-order valence-electron chi connectivity index (χ0n) is 14.6. The summed E-state index contributed by atoms with van der Waals surface area (Å²) in [6.07, 6.45) is 0.121. The lowest BCUT2D eigenvalue weighted by molar-refractivity contribution is -0.118. The van der Waals surface area contributed by atoms with Crippen molar-refractivity contribution in [1.82, 2.24) is 0 Å². The van der Waals surface area contributed by atoms with E-state index in [4.69, 9.17) is 15.2 Å². The molecular formula is C19H22N2O4S. The Bertz CT molecular complexity index is 735. The second kappa shape index (κ2) is 10.4. The Morgan fingerprint density at radius 3 is 2.50 bits per heavy atom. The molecule has 0 aliphatic heterocycles. The minimum Gasteiger partial charge on any atom is -0.494 e. The van der Waals surface area contributed by atoms with Crippen LogP contribution in [-0.2, 0) is 9.59 Å². The highest BCUT2D eigenvalue weighted by Gasteiger charge is 2.09. The fourth-order valence-corrected chi connectivity index (χ4v) is 2.79. The van der Waals surface area contributed by atoms with Crippen LogP contribution in [0.15, 0.2) is 53.4 Å². The maximum atomic E-state index is 12.2. The third kappa shape index (κ3) is 6.68. The lowest BCUT2D eigenvalue weighted by atomic mass is 10.3. The number of hydrogen-bond acceptors (Lipinski definition) is 5. The lowest BCUT2D eigenvalue weighted by Crippen LogP contribution is -2.17. The van der Waals surface area contributed by atoms with E-state index in [0.29, 0.717) is 18.0 Å². The van der Waals surface area contributed by atoms with Crippen molar-refractivity contribution in [2.75, 3.05) is 24.3 Å². The van der Waals surface area contributed by atoms with E-state index in [0.717, 1.165) is 10.6 Å². The fourth-order valence-electron chi connectivity index (χ4n) is 2.09. The summed E-state index contributed by atoms with van der Waals surface area (Å²) in [4.78, 5) is 24.0. The minimum absolute atomic E-state index is 0.121. The summed E-state index contributed by atoms with van der Waals surface area (Å²) in [6, 6.07) is 14.7. The lowest BCUT2D eigenvalue weighted by Gasteiger charge is -2.12. The molecular weight excluding hydrogens is 352 g/mol. The predicted octanol–water partition coefficient (Wildman–Crippen LogP) is 3.07. The van der Waals surface area contributed by atoms with Crippen molar-refractivity contribution in [3.63, 3.8) is 0 Å². The van der Waals surface area contributed by atoms with Gasteiger partial charge in [0.15, 0.2) is 0 Å². The smallest absolute Gasteiger partial charge is 0.234 e. The van der Waals surface area contributed by atoms with E-state index < -0.39 is 5.91 Å². The first-order valence-electron chi connectivity index (χ1n) is 8.24. The van der Waals surface area contributed by atoms with Crippen molar-refractivity contribution in [3.05, 3.63) is 48.5 Å². The number of benzene rings is 2. The second-order valence-corrected chi connectivity index (χ2v) is 6.35. The number of rotatable bonds is 10. The van der Waals surface area contributed by atoms with Gasteiger partial charge in [0.05, 0.1) is 31.1 Å². The van der Waals surface area contributed by atoms with Gasteiger partial charge in [-0.15, -0.1) is 11.8 Å². The Hall–Kier alpha value is -2.67. The van der Waals surface area contributed by atoms with Gasteiger partial charge in [-0.2, -0.15) is 0 Å². The van der Waals surface area contributed by atoms with Gasteiger partial charge in [0.1, 0.15) is 11.5 Å². The standard InChI is InChI=1S/C19H22N2O4S/c1-2-24-14-7-9-15(10-8-14)26-13-19(23)21-16-5-3-4-6-17(16)25-12-11-18(20)22/h3-10H,2,11-13H2,1H3,(H2,20,22)(H,21,23). The SMILES string of the molecule is CCOc1ccc(SCC(=O)Nc2ccccc2OCCC(N)=O)cc1. The van der Waals surface area contributed by atoms with Crippen molar-refractivity contribution in [2.24, 2.45) is 5.73 Å². The third-order valence-corrected chi connectivity index (χ3v) is 4.28. The van der Waals surface area contributed by atoms with Crippen LogP contribution in [0.2, 0.25) is 0 Å². The molecule has 7 heteroatoms. The Morgan fingerprint density at radius 2 is 1.81 bits per heavy atom. The molecule has 0 aromatic heterocycles. The van der Waals surface area contributed by atoms with E-state index in [1.54, 1.807) is 24.3 Å². The van der Waals surface area contributed by atoms with Gasteiger partial charge >= 0.3 is 0 Å². The normalized spacial score (nSPS) is 10.2. The molecule has 0 heterocycles. The first-order chi connectivity index (χ1) is 12.6.